The molecule has 1 fully saturated rings. The molecule has 1 aromatic heterocycles. The maximum Gasteiger partial charge on any atom is 0.274 e. The van der Waals surface area contributed by atoms with Gasteiger partial charge in [-0.3, -0.25) is 14.9 Å². The van der Waals surface area contributed by atoms with E-state index in [2.05, 4.69) is 5.10 Å². The van der Waals surface area contributed by atoms with Crippen molar-refractivity contribution in [3.05, 3.63) is 39.6 Å². The first-order chi connectivity index (χ1) is 16.3. The van der Waals surface area contributed by atoms with Crippen molar-refractivity contribution in [2.45, 2.75) is 64.3 Å². The molecule has 0 N–H and O–H groups in total. The Kier molecular flexibility index (Phi) is 7.56. The van der Waals surface area contributed by atoms with Gasteiger partial charge in [0.15, 0.2) is 5.69 Å². The molecule has 0 radical (unpaired) electrons. The summed E-state index contributed by atoms with van der Waals surface area (Å²) < 4.78 is 35.8. The second-order valence-corrected chi connectivity index (χ2v) is 11.6. The molecule has 1 aliphatic heterocycles. The van der Waals surface area contributed by atoms with Crippen LogP contribution in [0, 0.1) is 17.0 Å². The Morgan fingerprint density at radius 3 is 2.43 bits per heavy atom. The van der Waals surface area contributed by atoms with E-state index in [0.717, 1.165) is 25.3 Å². The number of non-ortho nitro benzene ring substituents is 1. The third kappa shape index (κ3) is 5.32. The summed E-state index contributed by atoms with van der Waals surface area (Å²) in [6.07, 6.45) is 2.22. The summed E-state index contributed by atoms with van der Waals surface area (Å²) in [4.78, 5) is 25.1. The second kappa shape index (κ2) is 9.94. The molecule has 1 saturated heterocycles. The fraction of sp³-hybridized carbons (Fsp3) is 0.565. The number of aromatic nitrogens is 2. The zero-order chi connectivity index (χ0) is 26.1. The molecule has 0 saturated carbocycles. The summed E-state index contributed by atoms with van der Waals surface area (Å²) in [5, 5.41) is 15.9. The third-order valence-corrected chi connectivity index (χ3v) is 7.76. The predicted octanol–water partition coefficient (Wildman–Crippen LogP) is 3.91. The van der Waals surface area contributed by atoms with E-state index in [1.54, 1.807) is 23.6 Å². The number of hydrogen-bond acceptors (Lipinski definition) is 7. The first-order valence-corrected chi connectivity index (χ1v) is 13.0. The lowest BCUT2D eigenvalue weighted by atomic mass is 10.1. The molecular formula is C23H33N5O6S. The van der Waals surface area contributed by atoms with Crippen molar-refractivity contribution >= 4 is 21.6 Å². The Balaban J connectivity index is 2.16. The summed E-state index contributed by atoms with van der Waals surface area (Å²) in [5.74, 6) is -0.125. The molecule has 0 unspecified atom stereocenters. The predicted molar refractivity (Wildman–Crippen MR) is 130 cm³/mol. The number of sulfonamides is 1. The van der Waals surface area contributed by atoms with Crippen molar-refractivity contribution in [3.8, 4) is 11.6 Å². The average molecular weight is 508 g/mol. The van der Waals surface area contributed by atoms with Crippen molar-refractivity contribution in [2.24, 2.45) is 0 Å². The molecule has 0 atom stereocenters. The second-order valence-electron chi connectivity index (χ2n) is 9.69. The maximum atomic E-state index is 13.4. The van der Waals surface area contributed by atoms with Gasteiger partial charge in [0.2, 0.25) is 15.9 Å². The number of hydrogen-bond donors (Lipinski definition) is 0. The molecule has 1 amide bonds. The van der Waals surface area contributed by atoms with Crippen molar-refractivity contribution in [1.82, 2.24) is 19.0 Å². The van der Waals surface area contributed by atoms with Crippen LogP contribution in [0.4, 0.5) is 5.69 Å². The largest absolute Gasteiger partial charge is 0.438 e. The van der Waals surface area contributed by atoms with Gasteiger partial charge in [-0.2, -0.15) is 9.40 Å². The number of amides is 1. The first kappa shape index (κ1) is 26.6. The molecule has 0 bridgehead atoms. The van der Waals surface area contributed by atoms with E-state index >= 15 is 0 Å². The van der Waals surface area contributed by atoms with Crippen LogP contribution >= 0.6 is 0 Å². The fourth-order valence-corrected chi connectivity index (χ4v) is 5.59. The van der Waals surface area contributed by atoms with Crippen molar-refractivity contribution < 1.29 is 22.9 Å². The van der Waals surface area contributed by atoms with E-state index in [-0.39, 0.29) is 33.8 Å². The van der Waals surface area contributed by atoms with Gasteiger partial charge < -0.3 is 9.64 Å². The number of carbonyl (C=O) groups excluding carboxylic acids is 1. The van der Waals surface area contributed by atoms with E-state index < -0.39 is 20.5 Å². The van der Waals surface area contributed by atoms with E-state index in [0.29, 0.717) is 25.2 Å². The van der Waals surface area contributed by atoms with Gasteiger partial charge in [0.25, 0.3) is 11.6 Å². The monoisotopic (exact) mass is 507 g/mol. The lowest BCUT2D eigenvalue weighted by Crippen LogP contribution is -2.29. The van der Waals surface area contributed by atoms with Crippen LogP contribution in [-0.4, -0.2) is 64.9 Å². The highest BCUT2D eigenvalue weighted by Gasteiger charge is 2.34. The van der Waals surface area contributed by atoms with Gasteiger partial charge in [-0.15, -0.1) is 0 Å². The Labute approximate surface area is 205 Å². The van der Waals surface area contributed by atoms with Crippen LogP contribution in [0.2, 0.25) is 0 Å². The molecule has 0 aliphatic carbocycles. The molecule has 11 nitrogen and oxygen atoms in total. The molecule has 1 aliphatic rings. The minimum absolute atomic E-state index is 0.0584. The zero-order valence-corrected chi connectivity index (χ0v) is 21.9. The van der Waals surface area contributed by atoms with Gasteiger partial charge >= 0.3 is 0 Å². The molecule has 1 aromatic carbocycles. The summed E-state index contributed by atoms with van der Waals surface area (Å²) >= 11 is 0. The Morgan fingerprint density at radius 2 is 1.89 bits per heavy atom. The Hall–Kier alpha value is -2.99. The third-order valence-electron chi connectivity index (χ3n) is 5.84. The Bertz CT molecular complexity index is 1230. The molecule has 2 heterocycles. The number of nitrogens with zero attached hydrogens (tertiary/aromatic N) is 5. The molecule has 3 rings (SSSR count). The molecule has 192 valence electrons. The summed E-state index contributed by atoms with van der Waals surface area (Å²) in [6, 6.07) is 3.51. The van der Waals surface area contributed by atoms with Crippen molar-refractivity contribution in [3.63, 3.8) is 0 Å². The minimum Gasteiger partial charge on any atom is -0.438 e. The number of rotatable bonds is 8. The molecular weight excluding hydrogens is 474 g/mol. The van der Waals surface area contributed by atoms with Gasteiger partial charge in [0.05, 0.1) is 10.5 Å². The molecule has 0 spiro atoms. The van der Waals surface area contributed by atoms with Crippen LogP contribution < -0.4 is 4.74 Å². The van der Waals surface area contributed by atoms with Gasteiger partial charge in [-0.05, 0) is 53.0 Å². The van der Waals surface area contributed by atoms with Crippen LogP contribution in [0.5, 0.6) is 11.6 Å². The number of benzene rings is 1. The summed E-state index contributed by atoms with van der Waals surface area (Å²) in [6.45, 7) is 10.5. The SMILES string of the molecule is CCCN(C)C(=O)c1nn(C(C)(C)C)c(Oc2ccc([N+](=O)[O-])cc2S(=O)(=O)N2CCCC2)c1C. The summed E-state index contributed by atoms with van der Waals surface area (Å²) in [5.41, 5.74) is -0.294. The van der Waals surface area contributed by atoms with Crippen LogP contribution in [-0.2, 0) is 15.6 Å². The van der Waals surface area contributed by atoms with E-state index in [1.807, 2.05) is 27.7 Å². The summed E-state index contributed by atoms with van der Waals surface area (Å²) in [7, 11) is -2.34. The fourth-order valence-electron chi connectivity index (χ4n) is 3.94. The highest BCUT2D eigenvalue weighted by molar-refractivity contribution is 7.89. The average Bonchev–Trinajstić information content (AvgIpc) is 3.43. The quantitative estimate of drug-likeness (QED) is 0.391. The first-order valence-electron chi connectivity index (χ1n) is 11.6. The van der Waals surface area contributed by atoms with E-state index in [4.69, 9.17) is 4.74 Å². The topological polar surface area (TPSA) is 128 Å². The highest BCUT2D eigenvalue weighted by atomic mass is 32.2. The van der Waals surface area contributed by atoms with Crippen molar-refractivity contribution in [2.75, 3.05) is 26.7 Å². The van der Waals surface area contributed by atoms with Crippen LogP contribution in [0.3, 0.4) is 0 Å². The lowest BCUT2D eigenvalue weighted by Gasteiger charge is -2.23. The van der Waals surface area contributed by atoms with E-state index in [9.17, 15) is 23.3 Å². The van der Waals surface area contributed by atoms with Gasteiger partial charge in [-0.1, -0.05) is 6.92 Å². The van der Waals surface area contributed by atoms with Gasteiger partial charge in [0.1, 0.15) is 10.6 Å². The van der Waals surface area contributed by atoms with Crippen LogP contribution in [0.15, 0.2) is 23.1 Å². The number of ether oxygens (including phenoxy) is 1. The van der Waals surface area contributed by atoms with Crippen LogP contribution in [0.1, 0.15) is 63.0 Å². The van der Waals surface area contributed by atoms with E-state index in [1.165, 1.54) is 16.4 Å². The van der Waals surface area contributed by atoms with Crippen molar-refractivity contribution in [1.29, 1.82) is 0 Å². The molecule has 35 heavy (non-hydrogen) atoms. The normalized spacial score (nSPS) is 14.8. The maximum absolute atomic E-state index is 13.4. The lowest BCUT2D eigenvalue weighted by molar-refractivity contribution is -0.385. The Morgan fingerprint density at radius 1 is 1.26 bits per heavy atom. The minimum atomic E-state index is -4.04. The van der Waals surface area contributed by atoms with Gasteiger partial charge in [0, 0.05) is 44.4 Å². The van der Waals surface area contributed by atoms with Crippen LogP contribution in [0.25, 0.3) is 0 Å². The number of nitro benzene ring substituents is 1. The molecule has 2 aromatic rings. The number of nitro groups is 1. The smallest absolute Gasteiger partial charge is 0.274 e. The number of carbonyl (C=O) groups is 1. The zero-order valence-electron chi connectivity index (χ0n) is 21.1. The highest BCUT2D eigenvalue weighted by Crippen LogP contribution is 2.38. The standard InChI is InChI=1S/C23H33N5O6S/c1-7-12-25(6)21(29)20-16(2)22(27(24-20)23(3,4)5)34-18-11-10-17(28(30)31)15-19(18)35(32,33)26-13-8-9-14-26/h10-11,15H,7-9,12-14H2,1-6H3. The molecule has 12 heteroatoms. The van der Waals surface area contributed by atoms with Gasteiger partial charge in [-0.25, -0.2) is 13.1 Å².